The maximum absolute atomic E-state index is 11.2. The number of hydrogen-bond acceptors (Lipinski definition) is 3. The molecule has 1 atom stereocenters. The van der Waals surface area contributed by atoms with E-state index in [0.29, 0.717) is 6.54 Å². The van der Waals surface area contributed by atoms with Crippen LogP contribution in [-0.4, -0.2) is 21.4 Å². The lowest BCUT2D eigenvalue weighted by Gasteiger charge is -2.20. The van der Waals surface area contributed by atoms with E-state index in [0.717, 1.165) is 0 Å². The molecular weight excluding hydrogens is 217 g/mol. The molecule has 0 aliphatic rings. The minimum absolute atomic E-state index is 0.119. The van der Waals surface area contributed by atoms with Crippen LogP contribution < -0.4 is 5.32 Å². The van der Waals surface area contributed by atoms with Crippen molar-refractivity contribution in [3.63, 3.8) is 0 Å². The number of benzene rings is 1. The van der Waals surface area contributed by atoms with Gasteiger partial charge in [0.1, 0.15) is 11.5 Å². The van der Waals surface area contributed by atoms with E-state index in [1.165, 1.54) is 12.1 Å². The zero-order valence-electron chi connectivity index (χ0n) is 8.29. The fourth-order valence-corrected chi connectivity index (χ4v) is 2.32. The van der Waals surface area contributed by atoms with Gasteiger partial charge in [0.2, 0.25) is 0 Å². The fourth-order valence-electron chi connectivity index (χ4n) is 1.32. The van der Waals surface area contributed by atoms with E-state index >= 15 is 0 Å². The summed E-state index contributed by atoms with van der Waals surface area (Å²) in [6.45, 7) is 2.15. The summed E-state index contributed by atoms with van der Waals surface area (Å²) in [4.78, 5) is 18.2. The summed E-state index contributed by atoms with van der Waals surface area (Å²) in [6, 6.07) is 6.10. The van der Waals surface area contributed by atoms with Crippen molar-refractivity contribution >= 4 is 7.60 Å². The Bertz CT molecular complexity index is 376. The molecule has 1 aromatic rings. The average Bonchev–Trinajstić information content (AvgIpc) is 2.14. The van der Waals surface area contributed by atoms with Crippen molar-refractivity contribution in [2.75, 3.05) is 6.54 Å². The van der Waals surface area contributed by atoms with Crippen LogP contribution in [0.25, 0.3) is 0 Å². The van der Waals surface area contributed by atoms with Gasteiger partial charge in [-0.1, -0.05) is 25.1 Å². The van der Waals surface area contributed by atoms with Gasteiger partial charge in [0.05, 0.1) is 0 Å². The Morgan fingerprint density at radius 3 is 2.47 bits per heavy atom. The van der Waals surface area contributed by atoms with Crippen molar-refractivity contribution in [2.45, 2.75) is 12.7 Å². The number of phenols is 1. The lowest BCUT2D eigenvalue weighted by Crippen LogP contribution is -2.21. The molecule has 5 nitrogen and oxygen atoms in total. The summed E-state index contributed by atoms with van der Waals surface area (Å²) in [5, 5.41) is 12.1. The molecule has 0 saturated heterocycles. The molecule has 0 fully saturated rings. The number of hydrogen-bond donors (Lipinski definition) is 4. The van der Waals surface area contributed by atoms with Gasteiger partial charge in [-0.05, 0) is 12.6 Å². The molecule has 0 aliphatic carbocycles. The molecule has 4 N–H and O–H groups in total. The zero-order valence-corrected chi connectivity index (χ0v) is 9.19. The highest BCUT2D eigenvalue weighted by atomic mass is 31.2. The lowest BCUT2D eigenvalue weighted by atomic mass is 10.2. The summed E-state index contributed by atoms with van der Waals surface area (Å²) in [5.74, 6) is -1.27. The van der Waals surface area contributed by atoms with Crippen LogP contribution in [0.5, 0.6) is 5.75 Å². The van der Waals surface area contributed by atoms with Crippen molar-refractivity contribution in [3.05, 3.63) is 29.8 Å². The molecular formula is C9H14NO4P. The van der Waals surface area contributed by atoms with Crippen LogP contribution >= 0.6 is 7.60 Å². The van der Waals surface area contributed by atoms with Crippen molar-refractivity contribution in [1.29, 1.82) is 0 Å². The number of aromatic hydroxyl groups is 1. The molecule has 1 aromatic carbocycles. The van der Waals surface area contributed by atoms with Crippen molar-refractivity contribution in [3.8, 4) is 5.75 Å². The molecule has 84 valence electrons. The Morgan fingerprint density at radius 2 is 2.00 bits per heavy atom. The number of para-hydroxylation sites is 1. The summed E-state index contributed by atoms with van der Waals surface area (Å²) >= 11 is 0. The highest BCUT2D eigenvalue weighted by Gasteiger charge is 2.31. The van der Waals surface area contributed by atoms with Crippen LogP contribution in [-0.2, 0) is 4.57 Å². The van der Waals surface area contributed by atoms with Gasteiger partial charge in [-0.3, -0.25) is 4.57 Å². The van der Waals surface area contributed by atoms with Crippen molar-refractivity contribution < 1.29 is 19.5 Å². The Balaban J connectivity index is 3.10. The van der Waals surface area contributed by atoms with Crippen LogP contribution in [0.3, 0.4) is 0 Å². The number of rotatable bonds is 4. The summed E-state index contributed by atoms with van der Waals surface area (Å²) < 4.78 is 11.2. The molecule has 0 amide bonds. The largest absolute Gasteiger partial charge is 0.508 e. The highest BCUT2D eigenvalue weighted by molar-refractivity contribution is 7.52. The molecule has 0 aliphatic heterocycles. The van der Waals surface area contributed by atoms with E-state index in [4.69, 9.17) is 9.79 Å². The predicted molar refractivity (Wildman–Crippen MR) is 56.6 cm³/mol. The maximum Gasteiger partial charge on any atom is 0.346 e. The standard InChI is InChI=1S/C9H14NO4P/c1-2-10-9(15(12,13)14)7-5-3-4-6-8(7)11/h3-6,9-11H,2H2,1H3,(H2,12,13,14). The molecule has 0 radical (unpaired) electrons. The van der Waals surface area contributed by atoms with Gasteiger partial charge in [0, 0.05) is 5.56 Å². The minimum Gasteiger partial charge on any atom is -0.508 e. The molecule has 0 bridgehead atoms. The topological polar surface area (TPSA) is 89.8 Å². The zero-order chi connectivity index (χ0) is 11.5. The third-order valence-electron chi connectivity index (χ3n) is 1.97. The van der Waals surface area contributed by atoms with Gasteiger partial charge in [0.25, 0.3) is 0 Å². The molecule has 0 heterocycles. The first-order valence-electron chi connectivity index (χ1n) is 4.53. The number of phenolic OH excluding ortho intramolecular Hbond substituents is 1. The Morgan fingerprint density at radius 1 is 1.40 bits per heavy atom. The van der Waals surface area contributed by atoms with Gasteiger partial charge in [-0.2, -0.15) is 0 Å². The third-order valence-corrected chi connectivity index (χ3v) is 3.10. The lowest BCUT2D eigenvalue weighted by molar-refractivity contribution is 0.345. The molecule has 6 heteroatoms. The third kappa shape index (κ3) is 3.04. The van der Waals surface area contributed by atoms with E-state index in [1.807, 2.05) is 0 Å². The molecule has 0 spiro atoms. The first-order chi connectivity index (χ1) is 6.96. The van der Waals surface area contributed by atoms with Crippen LogP contribution in [0.1, 0.15) is 18.3 Å². The summed E-state index contributed by atoms with van der Waals surface area (Å²) in [7, 11) is -4.31. The SMILES string of the molecule is CCNC(c1ccccc1O)P(=O)(O)O. The van der Waals surface area contributed by atoms with E-state index in [2.05, 4.69) is 5.32 Å². The Labute approximate surface area is 87.9 Å². The van der Waals surface area contributed by atoms with Gasteiger partial charge in [-0.25, -0.2) is 0 Å². The second kappa shape index (κ2) is 4.77. The summed E-state index contributed by atoms with van der Waals surface area (Å²) in [5.41, 5.74) is 0.215. The smallest absolute Gasteiger partial charge is 0.346 e. The van der Waals surface area contributed by atoms with Gasteiger partial charge < -0.3 is 20.2 Å². The highest BCUT2D eigenvalue weighted by Crippen LogP contribution is 2.51. The van der Waals surface area contributed by atoms with Crippen LogP contribution in [0.2, 0.25) is 0 Å². The molecule has 0 aromatic heterocycles. The van der Waals surface area contributed by atoms with E-state index in [9.17, 15) is 9.67 Å². The second-order valence-electron chi connectivity index (χ2n) is 3.11. The first kappa shape index (κ1) is 12.2. The van der Waals surface area contributed by atoms with Gasteiger partial charge in [-0.15, -0.1) is 0 Å². The van der Waals surface area contributed by atoms with Crippen molar-refractivity contribution in [2.24, 2.45) is 0 Å². The quantitative estimate of drug-likeness (QED) is 0.584. The second-order valence-corrected chi connectivity index (χ2v) is 4.80. The Kier molecular flexibility index (Phi) is 3.88. The molecule has 1 rings (SSSR count). The number of nitrogens with one attached hydrogen (secondary N) is 1. The van der Waals surface area contributed by atoms with E-state index < -0.39 is 13.4 Å². The predicted octanol–water partition coefficient (Wildman–Crippen LogP) is 1.18. The fraction of sp³-hybridized carbons (Fsp3) is 0.333. The monoisotopic (exact) mass is 231 g/mol. The maximum atomic E-state index is 11.2. The van der Waals surface area contributed by atoms with E-state index in [-0.39, 0.29) is 11.3 Å². The molecule has 15 heavy (non-hydrogen) atoms. The molecule has 1 unspecified atom stereocenters. The Hall–Kier alpha value is -0.870. The van der Waals surface area contributed by atoms with Crippen LogP contribution in [0.15, 0.2) is 24.3 Å². The van der Waals surface area contributed by atoms with E-state index in [1.54, 1.807) is 19.1 Å². The average molecular weight is 231 g/mol. The normalized spacial score (nSPS) is 13.8. The molecule has 0 saturated carbocycles. The van der Waals surface area contributed by atoms with Crippen LogP contribution in [0.4, 0.5) is 0 Å². The summed E-state index contributed by atoms with van der Waals surface area (Å²) in [6.07, 6.45) is 0. The van der Waals surface area contributed by atoms with Crippen molar-refractivity contribution in [1.82, 2.24) is 5.32 Å². The minimum atomic E-state index is -4.31. The van der Waals surface area contributed by atoms with Gasteiger partial charge in [0.15, 0.2) is 0 Å². The van der Waals surface area contributed by atoms with Crippen LogP contribution in [0, 0.1) is 0 Å². The first-order valence-corrected chi connectivity index (χ1v) is 6.21. The van der Waals surface area contributed by atoms with Gasteiger partial charge >= 0.3 is 7.60 Å².